The van der Waals surface area contributed by atoms with E-state index in [0.717, 1.165) is 11.1 Å². The Bertz CT molecular complexity index is 220. The van der Waals surface area contributed by atoms with Gasteiger partial charge in [0.1, 0.15) is 12.7 Å². The monoisotopic (exact) mass is 155 g/mol. The molecule has 1 aromatic heterocycles. The van der Waals surface area contributed by atoms with E-state index in [1.165, 1.54) is 12.7 Å². The molecule has 0 saturated carbocycles. The Morgan fingerprint density at radius 3 is 3.09 bits per heavy atom. The third kappa shape index (κ3) is 2.03. The molecule has 0 fully saturated rings. The van der Waals surface area contributed by atoms with Crippen molar-refractivity contribution in [3.63, 3.8) is 0 Å². The van der Waals surface area contributed by atoms with Gasteiger partial charge in [-0.2, -0.15) is 4.68 Å². The number of hydrogen-bond donors (Lipinski definition) is 0. The molecule has 11 heavy (non-hydrogen) atoms. The van der Waals surface area contributed by atoms with Gasteiger partial charge in [-0.05, 0) is 6.42 Å². The molecule has 0 saturated heterocycles. The van der Waals surface area contributed by atoms with Crippen LogP contribution in [0.5, 0.6) is 0 Å². The minimum absolute atomic E-state index is 0.415. The Kier molecular flexibility index (Phi) is 2.59. The van der Waals surface area contributed by atoms with E-state index in [0.29, 0.717) is 6.61 Å². The average molecular weight is 155 g/mol. The smallest absolute Gasteiger partial charge is 0.436 e. The van der Waals surface area contributed by atoms with Crippen molar-refractivity contribution in [1.29, 1.82) is 0 Å². The van der Waals surface area contributed by atoms with Crippen LogP contribution in [0.2, 0.25) is 0 Å². The summed E-state index contributed by atoms with van der Waals surface area (Å²) in [5.74, 6) is 0. The number of carbonyl (C=O) groups is 1. The lowest BCUT2D eigenvalue weighted by Crippen LogP contribution is -2.14. The molecular weight excluding hydrogens is 146 g/mol. The predicted molar refractivity (Wildman–Crippen MR) is 37.1 cm³/mol. The van der Waals surface area contributed by atoms with Gasteiger partial charge in [0.2, 0.25) is 0 Å². The lowest BCUT2D eigenvalue weighted by atomic mass is 10.5. The van der Waals surface area contributed by atoms with E-state index < -0.39 is 6.09 Å². The number of ether oxygens (including phenoxy) is 1. The van der Waals surface area contributed by atoms with Gasteiger partial charge in [-0.3, -0.25) is 0 Å². The molecule has 0 spiro atoms. The number of rotatable bonds is 2. The van der Waals surface area contributed by atoms with Gasteiger partial charge in [-0.25, -0.2) is 9.78 Å². The van der Waals surface area contributed by atoms with Gasteiger partial charge in [0.05, 0.1) is 6.61 Å². The maximum atomic E-state index is 10.9. The van der Waals surface area contributed by atoms with Crippen molar-refractivity contribution < 1.29 is 9.53 Å². The SMILES string of the molecule is CCCOC(=O)n1cncn1. The standard InChI is InChI=1S/C6H9N3O2/c1-2-3-11-6(10)9-5-7-4-8-9/h4-5H,2-3H2,1H3. The van der Waals surface area contributed by atoms with Crippen LogP contribution in [0, 0.1) is 0 Å². The highest BCUT2D eigenvalue weighted by Crippen LogP contribution is 1.87. The highest BCUT2D eigenvalue weighted by molar-refractivity contribution is 5.68. The molecule has 60 valence electrons. The van der Waals surface area contributed by atoms with Crippen LogP contribution in [-0.4, -0.2) is 27.5 Å². The zero-order valence-electron chi connectivity index (χ0n) is 6.23. The third-order valence-corrected chi connectivity index (χ3v) is 1.04. The number of hydrogen-bond acceptors (Lipinski definition) is 4. The predicted octanol–water partition coefficient (Wildman–Crippen LogP) is 0.673. The maximum absolute atomic E-state index is 10.9. The van der Waals surface area contributed by atoms with Crippen LogP contribution in [0.25, 0.3) is 0 Å². The molecule has 0 radical (unpaired) electrons. The van der Waals surface area contributed by atoms with Crippen LogP contribution in [0.3, 0.4) is 0 Å². The first-order chi connectivity index (χ1) is 5.34. The van der Waals surface area contributed by atoms with E-state index in [9.17, 15) is 4.79 Å². The van der Waals surface area contributed by atoms with Gasteiger partial charge in [-0.1, -0.05) is 6.92 Å². The summed E-state index contributed by atoms with van der Waals surface area (Å²) >= 11 is 0. The average Bonchev–Trinajstić information content (AvgIpc) is 2.52. The largest absolute Gasteiger partial charge is 0.448 e. The summed E-state index contributed by atoms with van der Waals surface area (Å²) < 4.78 is 5.81. The number of aromatic nitrogens is 3. The van der Waals surface area contributed by atoms with E-state index in [-0.39, 0.29) is 0 Å². The Morgan fingerprint density at radius 1 is 1.73 bits per heavy atom. The number of nitrogens with zero attached hydrogens (tertiary/aromatic N) is 3. The summed E-state index contributed by atoms with van der Waals surface area (Å²) in [5, 5.41) is 3.60. The molecule has 0 atom stereocenters. The van der Waals surface area contributed by atoms with Crippen molar-refractivity contribution in [1.82, 2.24) is 14.8 Å². The second kappa shape index (κ2) is 3.70. The lowest BCUT2D eigenvalue weighted by molar-refractivity contribution is 0.144. The van der Waals surface area contributed by atoms with Crippen LogP contribution < -0.4 is 0 Å². The zero-order chi connectivity index (χ0) is 8.10. The van der Waals surface area contributed by atoms with Gasteiger partial charge >= 0.3 is 6.09 Å². The van der Waals surface area contributed by atoms with Gasteiger partial charge in [-0.15, -0.1) is 5.10 Å². The van der Waals surface area contributed by atoms with Gasteiger partial charge in [0, 0.05) is 0 Å². The fourth-order valence-corrected chi connectivity index (χ4v) is 0.558. The quantitative estimate of drug-likeness (QED) is 0.629. The van der Waals surface area contributed by atoms with E-state index in [4.69, 9.17) is 4.74 Å². The first-order valence-electron chi connectivity index (χ1n) is 3.36. The highest BCUT2D eigenvalue weighted by atomic mass is 16.6. The molecular formula is C6H9N3O2. The fraction of sp³-hybridized carbons (Fsp3) is 0.500. The molecule has 1 rings (SSSR count). The van der Waals surface area contributed by atoms with Crippen LogP contribution in [0.4, 0.5) is 4.79 Å². The van der Waals surface area contributed by atoms with Gasteiger partial charge in [0.25, 0.3) is 0 Å². The molecule has 0 aliphatic heterocycles. The Labute approximate surface area is 64.0 Å². The summed E-state index contributed by atoms with van der Waals surface area (Å²) in [7, 11) is 0. The van der Waals surface area contributed by atoms with Crippen molar-refractivity contribution in [2.45, 2.75) is 13.3 Å². The first-order valence-corrected chi connectivity index (χ1v) is 3.36. The molecule has 0 unspecified atom stereocenters. The molecule has 1 aromatic rings. The van der Waals surface area contributed by atoms with Crippen LogP contribution in [0.15, 0.2) is 12.7 Å². The van der Waals surface area contributed by atoms with E-state index in [1.54, 1.807) is 0 Å². The van der Waals surface area contributed by atoms with Crippen molar-refractivity contribution in [2.24, 2.45) is 0 Å². The van der Waals surface area contributed by atoms with Crippen LogP contribution in [0.1, 0.15) is 13.3 Å². The van der Waals surface area contributed by atoms with E-state index in [2.05, 4.69) is 10.1 Å². The van der Waals surface area contributed by atoms with Crippen molar-refractivity contribution >= 4 is 6.09 Å². The normalized spacial score (nSPS) is 9.55. The highest BCUT2D eigenvalue weighted by Gasteiger charge is 2.03. The molecule has 0 aromatic carbocycles. The number of carbonyl (C=O) groups excluding carboxylic acids is 1. The molecule has 0 bridgehead atoms. The molecule has 0 amide bonds. The Hall–Kier alpha value is -1.39. The Morgan fingerprint density at radius 2 is 2.55 bits per heavy atom. The minimum Gasteiger partial charge on any atom is -0.448 e. The van der Waals surface area contributed by atoms with Crippen LogP contribution >= 0.6 is 0 Å². The first kappa shape index (κ1) is 7.71. The van der Waals surface area contributed by atoms with E-state index >= 15 is 0 Å². The minimum atomic E-state index is -0.482. The van der Waals surface area contributed by atoms with Crippen molar-refractivity contribution in [3.05, 3.63) is 12.7 Å². The maximum Gasteiger partial charge on any atom is 0.436 e. The van der Waals surface area contributed by atoms with Crippen molar-refractivity contribution in [3.8, 4) is 0 Å². The van der Waals surface area contributed by atoms with Crippen LogP contribution in [-0.2, 0) is 4.74 Å². The summed E-state index contributed by atoms with van der Waals surface area (Å²) in [5.41, 5.74) is 0. The molecule has 0 aliphatic carbocycles. The summed E-state index contributed by atoms with van der Waals surface area (Å²) in [4.78, 5) is 14.5. The molecule has 0 aliphatic rings. The summed E-state index contributed by atoms with van der Waals surface area (Å²) in [6.07, 6.45) is 2.91. The molecule has 1 heterocycles. The molecule has 5 heteroatoms. The Balaban J connectivity index is 2.43. The summed E-state index contributed by atoms with van der Waals surface area (Å²) in [6, 6.07) is 0. The van der Waals surface area contributed by atoms with Gasteiger partial charge in [0.15, 0.2) is 0 Å². The topological polar surface area (TPSA) is 57.0 Å². The second-order valence-corrected chi connectivity index (χ2v) is 1.95. The molecule has 0 N–H and O–H groups in total. The second-order valence-electron chi connectivity index (χ2n) is 1.95. The lowest BCUT2D eigenvalue weighted by Gasteiger charge is -1.99. The summed E-state index contributed by atoms with van der Waals surface area (Å²) in [6.45, 7) is 2.34. The van der Waals surface area contributed by atoms with E-state index in [1.807, 2.05) is 6.92 Å². The van der Waals surface area contributed by atoms with Crippen molar-refractivity contribution in [2.75, 3.05) is 6.61 Å². The molecule has 5 nitrogen and oxygen atoms in total. The van der Waals surface area contributed by atoms with Gasteiger partial charge < -0.3 is 4.74 Å². The fourth-order valence-electron chi connectivity index (χ4n) is 0.558. The zero-order valence-corrected chi connectivity index (χ0v) is 6.23. The third-order valence-electron chi connectivity index (χ3n) is 1.04.